The lowest BCUT2D eigenvalue weighted by Crippen LogP contribution is -2.10. The molecule has 0 saturated heterocycles. The molecule has 0 aliphatic heterocycles. The summed E-state index contributed by atoms with van der Waals surface area (Å²) >= 11 is 0. The van der Waals surface area contributed by atoms with Gasteiger partial charge in [-0.25, -0.2) is 9.97 Å². The summed E-state index contributed by atoms with van der Waals surface area (Å²) in [7, 11) is 0. The highest BCUT2D eigenvalue weighted by molar-refractivity contribution is 5.47. The fourth-order valence-electron chi connectivity index (χ4n) is 2.06. The van der Waals surface area contributed by atoms with Crippen LogP contribution < -0.4 is 10.6 Å². The summed E-state index contributed by atoms with van der Waals surface area (Å²) in [4.78, 5) is 13.4. The molecule has 2 N–H and O–H groups in total. The Morgan fingerprint density at radius 2 is 1.81 bits per heavy atom. The predicted molar refractivity (Wildman–Crippen MR) is 86.6 cm³/mol. The number of anilines is 2. The predicted octanol–water partition coefficient (Wildman–Crippen LogP) is 2.91. The molecule has 0 saturated carbocycles. The number of nitrogens with one attached hydrogen (secondary N) is 2. The molecule has 0 bridgehead atoms. The van der Waals surface area contributed by atoms with Crippen LogP contribution in [0.3, 0.4) is 0 Å². The lowest BCUT2D eigenvalue weighted by atomic mass is 10.2. The Balaban J connectivity index is 1.97. The van der Waals surface area contributed by atoms with Crippen LogP contribution in [-0.2, 0) is 12.8 Å². The lowest BCUT2D eigenvalue weighted by molar-refractivity contribution is 0.832. The van der Waals surface area contributed by atoms with Crippen molar-refractivity contribution in [2.75, 3.05) is 23.7 Å². The summed E-state index contributed by atoms with van der Waals surface area (Å²) in [5.74, 6) is 2.65. The third-order valence-electron chi connectivity index (χ3n) is 3.02. The van der Waals surface area contributed by atoms with Crippen molar-refractivity contribution < 1.29 is 0 Å². The molecule has 2 aromatic heterocycles. The lowest BCUT2D eigenvalue weighted by Gasteiger charge is -2.10. The molecule has 2 heterocycles. The maximum Gasteiger partial charge on any atom is 0.133 e. The second kappa shape index (κ2) is 8.19. The molecule has 5 heteroatoms. The molecule has 0 unspecified atom stereocenters. The van der Waals surface area contributed by atoms with Crippen molar-refractivity contribution in [2.24, 2.45) is 0 Å². The molecule has 0 spiro atoms. The quantitative estimate of drug-likeness (QED) is 0.781. The van der Waals surface area contributed by atoms with Crippen molar-refractivity contribution in [3.63, 3.8) is 0 Å². The smallest absolute Gasteiger partial charge is 0.133 e. The van der Waals surface area contributed by atoms with Crippen molar-refractivity contribution in [3.05, 3.63) is 42.0 Å². The molecule has 0 aliphatic carbocycles. The van der Waals surface area contributed by atoms with Gasteiger partial charge in [0.05, 0.1) is 0 Å². The van der Waals surface area contributed by atoms with Crippen LogP contribution in [0.4, 0.5) is 11.6 Å². The number of hydrogen-bond donors (Lipinski definition) is 2. The Bertz CT molecular complexity index is 517. The molecule has 21 heavy (non-hydrogen) atoms. The van der Waals surface area contributed by atoms with Gasteiger partial charge >= 0.3 is 0 Å². The number of aryl methyl sites for hydroxylation is 1. The third kappa shape index (κ3) is 5.02. The summed E-state index contributed by atoms with van der Waals surface area (Å²) in [5, 5.41) is 6.61. The highest BCUT2D eigenvalue weighted by Crippen LogP contribution is 2.12. The van der Waals surface area contributed by atoms with E-state index in [-0.39, 0.29) is 0 Å². The van der Waals surface area contributed by atoms with Crippen LogP contribution in [0.25, 0.3) is 0 Å². The molecule has 0 fully saturated rings. The van der Waals surface area contributed by atoms with E-state index in [0.29, 0.717) is 0 Å². The Hall–Kier alpha value is -2.17. The average molecular weight is 285 g/mol. The van der Waals surface area contributed by atoms with E-state index in [1.807, 2.05) is 30.5 Å². The van der Waals surface area contributed by atoms with Crippen LogP contribution in [-0.4, -0.2) is 28.0 Å². The van der Waals surface area contributed by atoms with Crippen LogP contribution in [0, 0.1) is 0 Å². The van der Waals surface area contributed by atoms with E-state index < -0.39 is 0 Å². The summed E-state index contributed by atoms with van der Waals surface area (Å²) in [5.41, 5.74) is 1.08. The van der Waals surface area contributed by atoms with Crippen LogP contribution in [0.5, 0.6) is 0 Å². The average Bonchev–Trinajstić information content (AvgIpc) is 2.49. The second-order valence-corrected chi connectivity index (χ2v) is 4.83. The monoisotopic (exact) mass is 285 g/mol. The SMILES string of the molecule is CCCc1nc(NCC)cc(NCCc2ccccn2)n1. The largest absolute Gasteiger partial charge is 0.370 e. The number of aromatic nitrogens is 3. The number of nitrogens with zero attached hydrogens (tertiary/aromatic N) is 3. The van der Waals surface area contributed by atoms with Gasteiger partial charge in [-0.05, 0) is 25.5 Å². The molecular formula is C16H23N5. The highest BCUT2D eigenvalue weighted by atomic mass is 15.1. The molecule has 0 aliphatic rings. The molecule has 0 atom stereocenters. The zero-order chi connectivity index (χ0) is 14.9. The Morgan fingerprint density at radius 1 is 1.00 bits per heavy atom. The van der Waals surface area contributed by atoms with Crippen molar-refractivity contribution >= 4 is 11.6 Å². The van der Waals surface area contributed by atoms with Crippen molar-refractivity contribution in [1.82, 2.24) is 15.0 Å². The fourth-order valence-corrected chi connectivity index (χ4v) is 2.06. The first-order valence-electron chi connectivity index (χ1n) is 7.57. The summed E-state index contributed by atoms with van der Waals surface area (Å²) in [6.45, 7) is 5.87. The molecule has 0 radical (unpaired) electrons. The second-order valence-electron chi connectivity index (χ2n) is 4.83. The van der Waals surface area contributed by atoms with Gasteiger partial charge in [-0.15, -0.1) is 0 Å². The summed E-state index contributed by atoms with van der Waals surface area (Å²) in [6.07, 6.45) is 4.64. The molecule has 5 nitrogen and oxygen atoms in total. The highest BCUT2D eigenvalue weighted by Gasteiger charge is 2.04. The Kier molecular flexibility index (Phi) is 5.94. The van der Waals surface area contributed by atoms with Crippen LogP contribution in [0.1, 0.15) is 31.8 Å². The molecule has 0 aromatic carbocycles. The molecule has 112 valence electrons. The van der Waals surface area contributed by atoms with E-state index in [1.54, 1.807) is 0 Å². The first-order chi connectivity index (χ1) is 10.3. The van der Waals surface area contributed by atoms with Crippen molar-refractivity contribution in [3.8, 4) is 0 Å². The van der Waals surface area contributed by atoms with Crippen molar-refractivity contribution in [2.45, 2.75) is 33.1 Å². The first-order valence-corrected chi connectivity index (χ1v) is 7.57. The summed E-state index contributed by atoms with van der Waals surface area (Å²) < 4.78 is 0. The Morgan fingerprint density at radius 3 is 2.48 bits per heavy atom. The Labute approximate surface area is 126 Å². The van der Waals surface area contributed by atoms with E-state index in [4.69, 9.17) is 0 Å². The van der Waals surface area contributed by atoms with Gasteiger partial charge < -0.3 is 10.6 Å². The fraction of sp³-hybridized carbons (Fsp3) is 0.438. The minimum atomic E-state index is 0.811. The summed E-state index contributed by atoms with van der Waals surface area (Å²) in [6, 6.07) is 7.94. The van der Waals surface area contributed by atoms with Crippen LogP contribution in [0.2, 0.25) is 0 Å². The maximum atomic E-state index is 4.55. The topological polar surface area (TPSA) is 62.7 Å². The van der Waals surface area contributed by atoms with Gasteiger partial charge in [0.25, 0.3) is 0 Å². The molecule has 0 amide bonds. The van der Waals surface area contributed by atoms with Gasteiger partial charge in [0.15, 0.2) is 0 Å². The molecule has 2 aromatic rings. The van der Waals surface area contributed by atoms with E-state index in [2.05, 4.69) is 39.4 Å². The molecule has 2 rings (SSSR count). The van der Waals surface area contributed by atoms with Gasteiger partial charge in [0.1, 0.15) is 17.5 Å². The number of rotatable bonds is 8. The van der Waals surface area contributed by atoms with E-state index in [0.717, 1.165) is 55.5 Å². The van der Waals surface area contributed by atoms with E-state index in [9.17, 15) is 0 Å². The first kappa shape index (κ1) is 15.2. The van der Waals surface area contributed by atoms with Crippen LogP contribution in [0.15, 0.2) is 30.5 Å². The van der Waals surface area contributed by atoms with Gasteiger partial charge in [-0.2, -0.15) is 0 Å². The normalized spacial score (nSPS) is 10.4. The third-order valence-corrected chi connectivity index (χ3v) is 3.02. The van der Waals surface area contributed by atoms with Gasteiger partial charge in [0.2, 0.25) is 0 Å². The molecular weight excluding hydrogens is 262 g/mol. The zero-order valence-corrected chi connectivity index (χ0v) is 12.8. The standard InChI is InChI=1S/C16H23N5/c1-3-7-14-20-15(17-4-2)12-16(21-14)19-11-9-13-8-5-6-10-18-13/h5-6,8,10,12H,3-4,7,9,11H2,1-2H3,(H2,17,19,20,21). The van der Waals surface area contributed by atoms with Crippen molar-refractivity contribution in [1.29, 1.82) is 0 Å². The maximum absolute atomic E-state index is 4.55. The van der Waals surface area contributed by atoms with Gasteiger partial charge in [-0.3, -0.25) is 4.98 Å². The van der Waals surface area contributed by atoms with Gasteiger partial charge in [0, 0.05) is 43.9 Å². The van der Waals surface area contributed by atoms with E-state index in [1.165, 1.54) is 0 Å². The zero-order valence-electron chi connectivity index (χ0n) is 12.8. The number of hydrogen-bond acceptors (Lipinski definition) is 5. The van der Waals surface area contributed by atoms with E-state index >= 15 is 0 Å². The van der Waals surface area contributed by atoms with Gasteiger partial charge in [-0.1, -0.05) is 13.0 Å². The number of pyridine rings is 1. The van der Waals surface area contributed by atoms with Crippen LogP contribution >= 0.6 is 0 Å². The minimum Gasteiger partial charge on any atom is -0.370 e. The minimum absolute atomic E-state index is 0.811.